The number of aromatic nitrogens is 3. The molecule has 1 unspecified atom stereocenters. The van der Waals surface area contributed by atoms with E-state index >= 15 is 0 Å². The standard InChI is InChI=1S/C21H19N3O4/c1-13-4-5-16-14(9-13)6-8-24-17(16)10-19(23-21(24)25)26-11-15-12-27-20-18(28-15)3-2-7-22-20/h2-5,7,9-10,15H,6,8,11-12H2,1H3. The minimum Gasteiger partial charge on any atom is -0.478 e. The smallest absolute Gasteiger partial charge is 0.351 e. The summed E-state index contributed by atoms with van der Waals surface area (Å²) in [5.41, 5.74) is 4.05. The molecule has 142 valence electrons. The molecule has 1 atom stereocenters. The van der Waals surface area contributed by atoms with Crippen molar-refractivity contribution in [1.82, 2.24) is 14.5 Å². The lowest BCUT2D eigenvalue weighted by Gasteiger charge is -2.25. The lowest BCUT2D eigenvalue weighted by Crippen LogP contribution is -2.35. The van der Waals surface area contributed by atoms with Gasteiger partial charge in [0.25, 0.3) is 5.88 Å². The van der Waals surface area contributed by atoms with Crippen LogP contribution in [0.4, 0.5) is 0 Å². The zero-order chi connectivity index (χ0) is 19.1. The lowest BCUT2D eigenvalue weighted by atomic mass is 9.96. The van der Waals surface area contributed by atoms with Crippen LogP contribution in [-0.4, -0.2) is 33.9 Å². The summed E-state index contributed by atoms with van der Waals surface area (Å²) in [6, 6.07) is 11.7. The van der Waals surface area contributed by atoms with Crippen molar-refractivity contribution in [3.8, 4) is 28.8 Å². The SMILES string of the molecule is Cc1ccc2c(c1)CCn1c-2cc(OCC2COc3ncccc3O2)nc1=O. The molecule has 7 heteroatoms. The maximum absolute atomic E-state index is 12.5. The number of fused-ring (bicyclic) bond motifs is 4. The normalized spacial score (nSPS) is 16.8. The number of hydrogen-bond donors (Lipinski definition) is 0. The van der Waals surface area contributed by atoms with Crippen LogP contribution in [0.3, 0.4) is 0 Å². The summed E-state index contributed by atoms with van der Waals surface area (Å²) in [6.07, 6.45) is 2.18. The van der Waals surface area contributed by atoms with Crippen molar-refractivity contribution in [2.45, 2.75) is 26.0 Å². The first-order valence-electron chi connectivity index (χ1n) is 9.26. The van der Waals surface area contributed by atoms with Crippen molar-refractivity contribution in [3.63, 3.8) is 0 Å². The van der Waals surface area contributed by atoms with Crippen LogP contribution in [0, 0.1) is 6.92 Å². The third kappa shape index (κ3) is 2.98. The van der Waals surface area contributed by atoms with E-state index in [0.717, 1.165) is 17.7 Å². The van der Waals surface area contributed by atoms with E-state index in [0.29, 0.717) is 30.7 Å². The molecule has 0 saturated heterocycles. The van der Waals surface area contributed by atoms with Crippen molar-refractivity contribution >= 4 is 0 Å². The van der Waals surface area contributed by atoms with Gasteiger partial charge in [0, 0.05) is 24.4 Å². The Balaban J connectivity index is 1.38. The predicted molar refractivity (Wildman–Crippen MR) is 102 cm³/mol. The Morgan fingerprint density at radius 3 is 3.14 bits per heavy atom. The number of pyridine rings is 1. The third-order valence-electron chi connectivity index (χ3n) is 4.98. The Hall–Kier alpha value is -3.35. The second-order valence-corrected chi connectivity index (χ2v) is 6.99. The fraction of sp³-hybridized carbons (Fsp3) is 0.286. The number of rotatable bonds is 3. The van der Waals surface area contributed by atoms with Crippen LogP contribution in [0.1, 0.15) is 11.1 Å². The van der Waals surface area contributed by atoms with Gasteiger partial charge in [-0.1, -0.05) is 23.8 Å². The van der Waals surface area contributed by atoms with Gasteiger partial charge in [-0.15, -0.1) is 0 Å². The Morgan fingerprint density at radius 1 is 1.29 bits per heavy atom. The van der Waals surface area contributed by atoms with E-state index < -0.39 is 0 Å². The summed E-state index contributed by atoms with van der Waals surface area (Å²) in [7, 11) is 0. The molecule has 2 aliphatic heterocycles. The largest absolute Gasteiger partial charge is 0.478 e. The van der Waals surface area contributed by atoms with Gasteiger partial charge in [0.15, 0.2) is 11.9 Å². The average Bonchev–Trinajstić information content (AvgIpc) is 2.71. The summed E-state index contributed by atoms with van der Waals surface area (Å²) >= 11 is 0. The summed E-state index contributed by atoms with van der Waals surface area (Å²) in [4.78, 5) is 20.7. The number of nitrogens with zero attached hydrogens (tertiary/aromatic N) is 3. The van der Waals surface area contributed by atoms with Crippen LogP contribution < -0.4 is 19.9 Å². The minimum absolute atomic E-state index is 0.227. The highest BCUT2D eigenvalue weighted by atomic mass is 16.6. The number of aryl methyl sites for hydroxylation is 2. The van der Waals surface area contributed by atoms with Crippen LogP contribution in [-0.2, 0) is 13.0 Å². The van der Waals surface area contributed by atoms with Gasteiger partial charge >= 0.3 is 5.69 Å². The van der Waals surface area contributed by atoms with Gasteiger partial charge in [-0.25, -0.2) is 9.78 Å². The molecule has 2 aliphatic rings. The molecule has 28 heavy (non-hydrogen) atoms. The Morgan fingerprint density at radius 2 is 2.21 bits per heavy atom. The van der Waals surface area contributed by atoms with Crippen molar-refractivity contribution in [1.29, 1.82) is 0 Å². The molecule has 1 aromatic carbocycles. The fourth-order valence-electron chi connectivity index (χ4n) is 3.63. The first kappa shape index (κ1) is 16.8. The Bertz CT molecular complexity index is 1110. The quantitative estimate of drug-likeness (QED) is 0.698. The number of ether oxygens (including phenoxy) is 3. The third-order valence-corrected chi connectivity index (χ3v) is 4.98. The van der Waals surface area contributed by atoms with E-state index in [4.69, 9.17) is 14.2 Å². The Labute approximate surface area is 161 Å². The molecular weight excluding hydrogens is 358 g/mol. The highest BCUT2D eigenvalue weighted by molar-refractivity contribution is 5.67. The van der Waals surface area contributed by atoms with Crippen molar-refractivity contribution in [2.24, 2.45) is 0 Å². The van der Waals surface area contributed by atoms with E-state index in [1.807, 2.05) is 6.07 Å². The van der Waals surface area contributed by atoms with Crippen molar-refractivity contribution in [2.75, 3.05) is 13.2 Å². The van der Waals surface area contributed by atoms with Crippen molar-refractivity contribution in [3.05, 3.63) is 64.2 Å². The van der Waals surface area contributed by atoms with Gasteiger partial charge in [-0.3, -0.25) is 4.57 Å². The van der Waals surface area contributed by atoms with Crippen LogP contribution in [0.15, 0.2) is 47.4 Å². The first-order chi connectivity index (χ1) is 13.7. The monoisotopic (exact) mass is 377 g/mol. The summed E-state index contributed by atoms with van der Waals surface area (Å²) in [5.74, 6) is 1.37. The molecule has 3 aromatic rings. The average molecular weight is 377 g/mol. The minimum atomic E-state index is -0.299. The number of hydrogen-bond acceptors (Lipinski definition) is 6. The van der Waals surface area contributed by atoms with Gasteiger partial charge in [0.2, 0.25) is 5.88 Å². The van der Waals surface area contributed by atoms with Crippen LogP contribution >= 0.6 is 0 Å². The molecule has 0 spiro atoms. The highest BCUT2D eigenvalue weighted by Gasteiger charge is 2.24. The molecular formula is C21H19N3O4. The molecule has 0 bridgehead atoms. The van der Waals surface area contributed by atoms with Crippen molar-refractivity contribution < 1.29 is 14.2 Å². The van der Waals surface area contributed by atoms with Crippen LogP contribution in [0.25, 0.3) is 11.3 Å². The van der Waals surface area contributed by atoms with E-state index in [1.165, 1.54) is 11.1 Å². The molecule has 0 aliphatic carbocycles. The lowest BCUT2D eigenvalue weighted by molar-refractivity contribution is 0.0486. The van der Waals surface area contributed by atoms with E-state index in [1.54, 1.807) is 22.9 Å². The maximum Gasteiger partial charge on any atom is 0.351 e. The van der Waals surface area contributed by atoms with E-state index in [-0.39, 0.29) is 18.4 Å². The molecule has 5 rings (SSSR count). The molecule has 0 amide bonds. The number of benzene rings is 1. The molecule has 0 saturated carbocycles. The van der Waals surface area contributed by atoms with Gasteiger partial charge in [0.05, 0.1) is 5.69 Å². The van der Waals surface area contributed by atoms with Crippen LogP contribution in [0.2, 0.25) is 0 Å². The second kappa shape index (κ2) is 6.67. The van der Waals surface area contributed by atoms with Gasteiger partial charge in [-0.2, -0.15) is 4.98 Å². The predicted octanol–water partition coefficient (Wildman–Crippen LogP) is 2.39. The molecule has 0 N–H and O–H groups in total. The summed E-state index contributed by atoms with van der Waals surface area (Å²) < 4.78 is 18.9. The summed E-state index contributed by atoms with van der Waals surface area (Å²) in [5, 5.41) is 0. The van der Waals surface area contributed by atoms with E-state index in [9.17, 15) is 4.79 Å². The zero-order valence-electron chi connectivity index (χ0n) is 15.4. The Kier molecular flexibility index (Phi) is 4.00. The molecule has 4 heterocycles. The topological polar surface area (TPSA) is 75.5 Å². The molecule has 0 fully saturated rings. The zero-order valence-corrected chi connectivity index (χ0v) is 15.4. The first-order valence-corrected chi connectivity index (χ1v) is 9.26. The van der Waals surface area contributed by atoms with Gasteiger partial charge < -0.3 is 14.2 Å². The maximum atomic E-state index is 12.5. The van der Waals surface area contributed by atoms with Gasteiger partial charge in [0.1, 0.15) is 13.2 Å². The fourth-order valence-corrected chi connectivity index (χ4v) is 3.63. The highest BCUT2D eigenvalue weighted by Crippen LogP contribution is 2.31. The second-order valence-electron chi connectivity index (χ2n) is 6.99. The van der Waals surface area contributed by atoms with Gasteiger partial charge in [-0.05, 0) is 31.0 Å². The molecule has 0 radical (unpaired) electrons. The van der Waals surface area contributed by atoms with E-state index in [2.05, 4.69) is 35.1 Å². The molecule has 7 nitrogen and oxygen atoms in total. The molecule has 2 aromatic heterocycles. The summed E-state index contributed by atoms with van der Waals surface area (Å²) in [6.45, 7) is 3.26. The van der Waals surface area contributed by atoms with Crippen LogP contribution in [0.5, 0.6) is 17.5 Å².